The quantitative estimate of drug-likeness (QED) is 0.815. The first-order valence-corrected chi connectivity index (χ1v) is 5.99. The van der Waals surface area contributed by atoms with Crippen LogP contribution in [0.5, 0.6) is 0 Å². The monoisotopic (exact) mass is 264 g/mol. The van der Waals surface area contributed by atoms with Crippen molar-refractivity contribution in [3.05, 3.63) is 35.5 Å². The van der Waals surface area contributed by atoms with E-state index < -0.39 is 5.97 Å². The predicted octanol–water partition coefficient (Wildman–Crippen LogP) is 1.23. The Hall–Kier alpha value is -2.15. The molecule has 2 aromatic heterocycles. The Morgan fingerprint density at radius 1 is 1.58 bits per heavy atom. The molecule has 0 aromatic carbocycles. The fourth-order valence-electron chi connectivity index (χ4n) is 1.69. The van der Waals surface area contributed by atoms with Crippen LogP contribution in [0.2, 0.25) is 0 Å². The third-order valence-corrected chi connectivity index (χ3v) is 2.74. The molecule has 0 bridgehead atoms. The van der Waals surface area contributed by atoms with Gasteiger partial charge in [-0.3, -0.25) is 4.68 Å². The number of carbonyl (C=O) groups is 1. The molecule has 1 atom stereocenters. The molecule has 0 saturated carbocycles. The van der Waals surface area contributed by atoms with Crippen LogP contribution in [-0.4, -0.2) is 32.6 Å². The molecule has 0 aliphatic rings. The van der Waals surface area contributed by atoms with E-state index in [9.17, 15) is 4.79 Å². The molecule has 0 radical (unpaired) electrons. The Bertz CT molecular complexity index is 561. The molecule has 0 spiro atoms. The second-order valence-electron chi connectivity index (χ2n) is 4.30. The number of hydrogen-bond donors (Lipinski definition) is 2. The number of carboxylic acid groups (broad SMARTS) is 1. The molecule has 0 aliphatic heterocycles. The van der Waals surface area contributed by atoms with Gasteiger partial charge in [0.1, 0.15) is 11.5 Å². The van der Waals surface area contributed by atoms with Crippen molar-refractivity contribution in [2.45, 2.75) is 26.4 Å². The van der Waals surface area contributed by atoms with Crippen molar-refractivity contribution in [2.75, 3.05) is 6.54 Å². The van der Waals surface area contributed by atoms with E-state index in [1.54, 1.807) is 0 Å². The average Bonchev–Trinajstić information content (AvgIpc) is 2.98. The van der Waals surface area contributed by atoms with Crippen LogP contribution in [0.3, 0.4) is 0 Å². The van der Waals surface area contributed by atoms with Gasteiger partial charge >= 0.3 is 5.97 Å². The first-order chi connectivity index (χ1) is 9.06. The molecule has 0 aliphatic carbocycles. The Kier molecular flexibility index (Phi) is 3.96. The molecule has 7 nitrogen and oxygen atoms in total. The zero-order valence-electron chi connectivity index (χ0n) is 10.8. The summed E-state index contributed by atoms with van der Waals surface area (Å²) >= 11 is 0. The summed E-state index contributed by atoms with van der Waals surface area (Å²) in [7, 11) is 0. The van der Waals surface area contributed by atoms with Crippen LogP contribution < -0.4 is 5.32 Å². The highest BCUT2D eigenvalue weighted by Crippen LogP contribution is 2.14. The number of furan rings is 1. The van der Waals surface area contributed by atoms with Gasteiger partial charge in [-0.2, -0.15) is 0 Å². The summed E-state index contributed by atoms with van der Waals surface area (Å²) in [6.07, 6.45) is 1.41. The summed E-state index contributed by atoms with van der Waals surface area (Å²) in [5.74, 6) is 0.687. The van der Waals surface area contributed by atoms with Crippen molar-refractivity contribution in [1.82, 2.24) is 20.3 Å². The van der Waals surface area contributed by atoms with Gasteiger partial charge in [-0.15, -0.1) is 5.10 Å². The Balaban J connectivity index is 1.81. The number of rotatable bonds is 6. The van der Waals surface area contributed by atoms with Crippen LogP contribution in [0.1, 0.15) is 35.0 Å². The highest BCUT2D eigenvalue weighted by atomic mass is 16.4. The van der Waals surface area contributed by atoms with Crippen LogP contribution in [0.4, 0.5) is 0 Å². The summed E-state index contributed by atoms with van der Waals surface area (Å²) in [4.78, 5) is 10.6. The van der Waals surface area contributed by atoms with E-state index in [1.165, 1.54) is 10.9 Å². The molecular weight excluding hydrogens is 248 g/mol. The van der Waals surface area contributed by atoms with Gasteiger partial charge in [0.2, 0.25) is 0 Å². The lowest BCUT2D eigenvalue weighted by molar-refractivity contribution is 0.0690. The van der Waals surface area contributed by atoms with E-state index in [-0.39, 0.29) is 11.7 Å². The zero-order valence-corrected chi connectivity index (χ0v) is 10.8. The van der Waals surface area contributed by atoms with Crippen molar-refractivity contribution in [2.24, 2.45) is 0 Å². The minimum Gasteiger partial charge on any atom is -0.476 e. The molecular formula is C12H16N4O3. The Labute approximate surface area is 110 Å². The van der Waals surface area contributed by atoms with Gasteiger partial charge < -0.3 is 14.8 Å². The molecule has 2 rings (SSSR count). The number of carboxylic acids is 1. The number of hydrogen-bond acceptors (Lipinski definition) is 5. The van der Waals surface area contributed by atoms with Gasteiger partial charge in [-0.1, -0.05) is 5.21 Å². The van der Waals surface area contributed by atoms with Crippen LogP contribution >= 0.6 is 0 Å². The molecule has 0 amide bonds. The highest BCUT2D eigenvalue weighted by Gasteiger charge is 2.10. The second kappa shape index (κ2) is 5.66. The standard InChI is InChI=1S/C12H16N4O3/c1-8-3-4-11(19-8)9(2)13-5-6-16-7-10(12(17)18)14-15-16/h3-4,7,9,13H,5-6H2,1-2H3,(H,17,18). The number of aromatic carboxylic acids is 1. The van der Waals surface area contributed by atoms with Gasteiger partial charge in [0.25, 0.3) is 0 Å². The summed E-state index contributed by atoms with van der Waals surface area (Å²) in [5, 5.41) is 19.3. The van der Waals surface area contributed by atoms with Crippen LogP contribution in [0.25, 0.3) is 0 Å². The maximum atomic E-state index is 10.6. The van der Waals surface area contributed by atoms with Crippen LogP contribution in [-0.2, 0) is 6.54 Å². The number of aromatic nitrogens is 3. The largest absolute Gasteiger partial charge is 0.476 e. The van der Waals surface area contributed by atoms with Crippen molar-refractivity contribution in [1.29, 1.82) is 0 Å². The fourth-order valence-corrected chi connectivity index (χ4v) is 1.69. The van der Waals surface area contributed by atoms with Crippen LogP contribution in [0, 0.1) is 6.92 Å². The number of aryl methyl sites for hydroxylation is 1. The Morgan fingerprint density at radius 2 is 2.37 bits per heavy atom. The Morgan fingerprint density at radius 3 is 2.95 bits per heavy atom. The molecule has 0 saturated heterocycles. The van der Waals surface area contributed by atoms with Crippen molar-refractivity contribution in [3.63, 3.8) is 0 Å². The van der Waals surface area contributed by atoms with Crippen molar-refractivity contribution >= 4 is 5.97 Å². The van der Waals surface area contributed by atoms with Crippen LogP contribution in [0.15, 0.2) is 22.7 Å². The van der Waals surface area contributed by atoms with E-state index in [1.807, 2.05) is 26.0 Å². The summed E-state index contributed by atoms with van der Waals surface area (Å²) < 4.78 is 7.01. The first-order valence-electron chi connectivity index (χ1n) is 5.99. The van der Waals surface area contributed by atoms with Gasteiger partial charge in [0.15, 0.2) is 5.69 Å². The molecule has 2 aromatic rings. The van der Waals surface area contributed by atoms with Gasteiger partial charge in [-0.05, 0) is 26.0 Å². The van der Waals surface area contributed by atoms with Crippen molar-refractivity contribution < 1.29 is 14.3 Å². The molecule has 2 N–H and O–H groups in total. The lowest BCUT2D eigenvalue weighted by atomic mass is 10.2. The second-order valence-corrected chi connectivity index (χ2v) is 4.30. The van der Waals surface area contributed by atoms with Crippen molar-refractivity contribution in [3.8, 4) is 0 Å². The molecule has 1 unspecified atom stereocenters. The van der Waals surface area contributed by atoms with E-state index in [4.69, 9.17) is 9.52 Å². The SMILES string of the molecule is Cc1ccc(C(C)NCCn2cc(C(=O)O)nn2)o1. The number of nitrogens with one attached hydrogen (secondary N) is 1. The zero-order chi connectivity index (χ0) is 13.8. The molecule has 2 heterocycles. The third kappa shape index (κ3) is 3.41. The van der Waals surface area contributed by atoms with E-state index >= 15 is 0 Å². The minimum absolute atomic E-state index is 0.0466. The summed E-state index contributed by atoms with van der Waals surface area (Å²) in [6, 6.07) is 3.95. The molecule has 7 heteroatoms. The fraction of sp³-hybridized carbons (Fsp3) is 0.417. The maximum Gasteiger partial charge on any atom is 0.358 e. The van der Waals surface area contributed by atoms with E-state index in [0.717, 1.165) is 11.5 Å². The molecule has 19 heavy (non-hydrogen) atoms. The molecule has 0 fully saturated rings. The van der Waals surface area contributed by atoms with Gasteiger partial charge in [-0.25, -0.2) is 4.79 Å². The predicted molar refractivity (Wildman–Crippen MR) is 66.8 cm³/mol. The van der Waals surface area contributed by atoms with E-state index in [2.05, 4.69) is 15.6 Å². The smallest absolute Gasteiger partial charge is 0.358 e. The van der Waals surface area contributed by atoms with Gasteiger partial charge in [0, 0.05) is 6.54 Å². The number of nitrogens with zero attached hydrogens (tertiary/aromatic N) is 3. The third-order valence-electron chi connectivity index (χ3n) is 2.74. The summed E-state index contributed by atoms with van der Waals surface area (Å²) in [5.41, 5.74) is -0.0466. The summed E-state index contributed by atoms with van der Waals surface area (Å²) in [6.45, 7) is 5.09. The first kappa shape index (κ1) is 13.3. The lowest BCUT2D eigenvalue weighted by Gasteiger charge is -2.10. The molecule has 102 valence electrons. The minimum atomic E-state index is -1.07. The highest BCUT2D eigenvalue weighted by molar-refractivity contribution is 5.84. The average molecular weight is 264 g/mol. The van der Waals surface area contributed by atoms with E-state index in [0.29, 0.717) is 13.1 Å². The topological polar surface area (TPSA) is 93.2 Å². The normalized spacial score (nSPS) is 12.5. The van der Waals surface area contributed by atoms with Gasteiger partial charge in [0.05, 0.1) is 18.8 Å². The maximum absolute atomic E-state index is 10.6. The lowest BCUT2D eigenvalue weighted by Crippen LogP contribution is -2.23.